The molecule has 7 nitrogen and oxygen atoms in total. The second-order valence-corrected chi connectivity index (χ2v) is 6.30. The number of halogens is 3. The van der Waals surface area contributed by atoms with E-state index >= 15 is 0 Å². The van der Waals surface area contributed by atoms with Crippen LogP contribution in [0, 0.1) is 0 Å². The third kappa shape index (κ3) is 5.05. The van der Waals surface area contributed by atoms with Crippen molar-refractivity contribution in [3.05, 3.63) is 47.0 Å². The van der Waals surface area contributed by atoms with E-state index in [1.807, 2.05) is 0 Å². The van der Waals surface area contributed by atoms with Gasteiger partial charge in [0.1, 0.15) is 19.0 Å². The Labute approximate surface area is 169 Å². The Morgan fingerprint density at radius 3 is 2.66 bits per heavy atom. The molecule has 2 aromatic rings. The van der Waals surface area contributed by atoms with Gasteiger partial charge in [-0.25, -0.2) is 4.79 Å². The molecule has 0 bridgehead atoms. The van der Waals surface area contributed by atoms with Crippen molar-refractivity contribution in [3.63, 3.8) is 0 Å². The number of amides is 1. The van der Waals surface area contributed by atoms with Crippen molar-refractivity contribution in [2.45, 2.75) is 19.6 Å². The van der Waals surface area contributed by atoms with Crippen LogP contribution in [0.1, 0.15) is 17.3 Å². The SMILES string of the molecule is CC(OC(=O)c1cc(Cl)c2c(c1)OCCO2)C(=O)Nc1ccccc1OC(F)F. The standard InChI is InChI=1S/C19H16ClF2NO6/c1-10(17(24)23-13-4-2-3-5-14(13)29-19(21)22)28-18(25)11-8-12(20)16-15(9-11)26-6-7-27-16/h2-5,8-10,19H,6-7H2,1H3,(H,23,24). The second-order valence-electron chi connectivity index (χ2n) is 5.89. The summed E-state index contributed by atoms with van der Waals surface area (Å²) >= 11 is 6.09. The molecule has 0 radical (unpaired) electrons. The summed E-state index contributed by atoms with van der Waals surface area (Å²) in [4.78, 5) is 24.7. The van der Waals surface area contributed by atoms with Gasteiger partial charge >= 0.3 is 12.6 Å². The lowest BCUT2D eigenvalue weighted by atomic mass is 10.2. The van der Waals surface area contributed by atoms with E-state index in [1.54, 1.807) is 0 Å². The summed E-state index contributed by atoms with van der Waals surface area (Å²) in [7, 11) is 0. The third-order valence-corrected chi connectivity index (χ3v) is 4.13. The summed E-state index contributed by atoms with van der Waals surface area (Å²) in [5.74, 6) is -1.13. The van der Waals surface area contributed by atoms with Gasteiger partial charge in [0.05, 0.1) is 16.3 Å². The molecule has 1 unspecified atom stereocenters. The second kappa shape index (κ2) is 8.95. The lowest BCUT2D eigenvalue weighted by Crippen LogP contribution is -2.30. The normalized spacial score (nSPS) is 13.6. The molecule has 2 aromatic carbocycles. The highest BCUT2D eigenvalue weighted by Crippen LogP contribution is 2.38. The van der Waals surface area contributed by atoms with Crippen molar-refractivity contribution >= 4 is 29.2 Å². The fourth-order valence-corrected chi connectivity index (χ4v) is 2.78. The summed E-state index contributed by atoms with van der Waals surface area (Å²) in [6.07, 6.45) is -1.23. The molecule has 1 amide bonds. The summed E-state index contributed by atoms with van der Waals surface area (Å²) in [6, 6.07) is 8.40. The predicted octanol–water partition coefficient (Wildman–Crippen LogP) is 3.90. The Hall–Kier alpha value is -3.07. The van der Waals surface area contributed by atoms with Crippen LogP contribution in [0.25, 0.3) is 0 Å². The fraction of sp³-hybridized carbons (Fsp3) is 0.263. The van der Waals surface area contributed by atoms with Crippen LogP contribution < -0.4 is 19.5 Å². The first-order chi connectivity index (χ1) is 13.8. The van der Waals surface area contributed by atoms with Crippen LogP contribution in [0.5, 0.6) is 17.2 Å². The van der Waals surface area contributed by atoms with Crippen LogP contribution in [0.2, 0.25) is 5.02 Å². The molecular formula is C19H16ClF2NO6. The Morgan fingerprint density at radius 1 is 1.17 bits per heavy atom. The maximum absolute atomic E-state index is 12.5. The number of alkyl halides is 2. The van der Waals surface area contributed by atoms with Crippen molar-refractivity contribution in [1.29, 1.82) is 0 Å². The van der Waals surface area contributed by atoms with Crippen molar-refractivity contribution in [2.24, 2.45) is 0 Å². The number of carbonyl (C=O) groups excluding carboxylic acids is 2. The van der Waals surface area contributed by atoms with Crippen molar-refractivity contribution in [2.75, 3.05) is 18.5 Å². The molecule has 1 N–H and O–H groups in total. The van der Waals surface area contributed by atoms with E-state index in [9.17, 15) is 18.4 Å². The molecule has 10 heteroatoms. The van der Waals surface area contributed by atoms with Crippen LogP contribution >= 0.6 is 11.6 Å². The number of benzene rings is 2. The van der Waals surface area contributed by atoms with Crippen molar-refractivity contribution < 1.29 is 37.3 Å². The Morgan fingerprint density at radius 2 is 1.90 bits per heavy atom. The highest BCUT2D eigenvalue weighted by atomic mass is 35.5. The number of ether oxygens (including phenoxy) is 4. The van der Waals surface area contributed by atoms with Gasteiger partial charge in [-0.1, -0.05) is 23.7 Å². The summed E-state index contributed by atoms with van der Waals surface area (Å²) in [5, 5.41) is 2.56. The molecule has 1 atom stereocenters. The molecule has 1 aliphatic rings. The van der Waals surface area contributed by atoms with Gasteiger partial charge < -0.3 is 24.3 Å². The Kier molecular flexibility index (Phi) is 6.38. The first-order valence-corrected chi connectivity index (χ1v) is 8.87. The van der Waals surface area contributed by atoms with Crippen LogP contribution in [0.4, 0.5) is 14.5 Å². The zero-order chi connectivity index (χ0) is 21.0. The average molecular weight is 428 g/mol. The number of para-hydroxylation sites is 2. The van der Waals surface area contributed by atoms with Gasteiger partial charge in [0.25, 0.3) is 5.91 Å². The van der Waals surface area contributed by atoms with E-state index in [-0.39, 0.29) is 22.0 Å². The lowest BCUT2D eigenvalue weighted by molar-refractivity contribution is -0.123. The first kappa shape index (κ1) is 20.7. The zero-order valence-electron chi connectivity index (χ0n) is 15.1. The van der Waals surface area contributed by atoms with E-state index in [2.05, 4.69) is 10.1 Å². The molecular weight excluding hydrogens is 412 g/mol. The van der Waals surface area contributed by atoms with Gasteiger partial charge in [-0.3, -0.25) is 4.79 Å². The predicted molar refractivity (Wildman–Crippen MR) is 99.0 cm³/mol. The number of rotatable bonds is 6. The van der Waals surface area contributed by atoms with Crippen LogP contribution in [0.3, 0.4) is 0 Å². The van der Waals surface area contributed by atoms with Crippen LogP contribution in [0.15, 0.2) is 36.4 Å². The molecule has 0 aromatic heterocycles. The molecule has 0 aliphatic carbocycles. The van der Waals surface area contributed by atoms with Gasteiger partial charge in [-0.15, -0.1) is 0 Å². The largest absolute Gasteiger partial charge is 0.486 e. The minimum absolute atomic E-state index is 0.0167. The smallest absolute Gasteiger partial charge is 0.387 e. The van der Waals surface area contributed by atoms with Gasteiger partial charge in [0.15, 0.2) is 17.6 Å². The van der Waals surface area contributed by atoms with Gasteiger partial charge in [0, 0.05) is 0 Å². The van der Waals surface area contributed by atoms with Crippen LogP contribution in [-0.4, -0.2) is 37.8 Å². The molecule has 29 heavy (non-hydrogen) atoms. The molecule has 3 rings (SSSR count). The molecule has 0 saturated heterocycles. The number of anilines is 1. The van der Waals surface area contributed by atoms with Crippen molar-refractivity contribution in [3.8, 4) is 17.2 Å². The van der Waals surface area contributed by atoms with E-state index in [1.165, 1.54) is 43.3 Å². The molecule has 0 fully saturated rings. The number of carbonyl (C=O) groups is 2. The topological polar surface area (TPSA) is 83.1 Å². The molecule has 0 saturated carbocycles. The average Bonchev–Trinajstić information content (AvgIpc) is 2.69. The number of hydrogen-bond acceptors (Lipinski definition) is 6. The van der Waals surface area contributed by atoms with Gasteiger partial charge in [0.2, 0.25) is 0 Å². The molecule has 154 valence electrons. The van der Waals surface area contributed by atoms with E-state index in [0.717, 1.165) is 0 Å². The summed E-state index contributed by atoms with van der Waals surface area (Å²) < 4.78 is 45.2. The number of hydrogen-bond donors (Lipinski definition) is 1. The summed E-state index contributed by atoms with van der Waals surface area (Å²) in [6.45, 7) is -1.07. The monoisotopic (exact) mass is 427 g/mol. The van der Waals surface area contributed by atoms with Gasteiger partial charge in [-0.05, 0) is 31.2 Å². The highest BCUT2D eigenvalue weighted by molar-refractivity contribution is 6.32. The number of esters is 1. The molecule has 1 aliphatic heterocycles. The fourth-order valence-electron chi connectivity index (χ4n) is 2.51. The van der Waals surface area contributed by atoms with Gasteiger partial charge in [-0.2, -0.15) is 8.78 Å². The van der Waals surface area contributed by atoms with Crippen molar-refractivity contribution in [1.82, 2.24) is 0 Å². The first-order valence-electron chi connectivity index (χ1n) is 8.50. The minimum atomic E-state index is -3.05. The van der Waals surface area contributed by atoms with E-state index < -0.39 is 24.6 Å². The molecule has 1 heterocycles. The minimum Gasteiger partial charge on any atom is -0.486 e. The maximum Gasteiger partial charge on any atom is 0.387 e. The quantitative estimate of drug-likeness (QED) is 0.704. The Balaban J connectivity index is 1.67. The maximum atomic E-state index is 12.5. The van der Waals surface area contributed by atoms with E-state index in [4.69, 9.17) is 25.8 Å². The number of nitrogens with one attached hydrogen (secondary N) is 1. The number of fused-ring (bicyclic) bond motifs is 1. The lowest BCUT2D eigenvalue weighted by Gasteiger charge is -2.20. The highest BCUT2D eigenvalue weighted by Gasteiger charge is 2.24. The molecule has 0 spiro atoms. The third-order valence-electron chi connectivity index (χ3n) is 3.85. The van der Waals surface area contributed by atoms with E-state index in [0.29, 0.717) is 24.7 Å². The zero-order valence-corrected chi connectivity index (χ0v) is 15.9. The summed E-state index contributed by atoms with van der Waals surface area (Å²) in [5.41, 5.74) is 0.0865. The Bertz CT molecular complexity index is 924. The van der Waals surface area contributed by atoms with Crippen LogP contribution in [-0.2, 0) is 9.53 Å².